The molecular formula is C30H36ClN5O10S. The lowest BCUT2D eigenvalue weighted by molar-refractivity contribution is -0.149. The lowest BCUT2D eigenvalue weighted by Crippen LogP contribution is -2.53. The second-order valence-corrected chi connectivity index (χ2v) is 12.2. The van der Waals surface area contributed by atoms with E-state index in [9.17, 15) is 37.8 Å². The molecule has 1 aromatic heterocycles. The maximum absolute atomic E-state index is 13.2. The van der Waals surface area contributed by atoms with E-state index >= 15 is 0 Å². The van der Waals surface area contributed by atoms with Gasteiger partial charge in [-0.05, 0) is 55.7 Å². The number of hydrogen-bond acceptors (Lipinski definition) is 9. The van der Waals surface area contributed by atoms with Crippen molar-refractivity contribution >= 4 is 51.3 Å². The lowest BCUT2D eigenvalue weighted by atomic mass is 10.0. The summed E-state index contributed by atoms with van der Waals surface area (Å²) >= 11 is 5.86. The van der Waals surface area contributed by atoms with Crippen LogP contribution in [0.5, 0.6) is 0 Å². The first-order chi connectivity index (χ1) is 22.2. The van der Waals surface area contributed by atoms with Gasteiger partial charge in [0, 0.05) is 24.0 Å². The fourth-order valence-electron chi connectivity index (χ4n) is 4.90. The Morgan fingerprint density at radius 2 is 1.79 bits per heavy atom. The van der Waals surface area contributed by atoms with Crippen LogP contribution in [0, 0.1) is 0 Å². The number of nitrogens with two attached hydrogens (primary N) is 1. The SMILES string of the molecule is C[C@H](N[C@@H](CCc1ccccc1)C(=O)O)C(=O)N1C[C@@H](NC(=O)c2ccc(Cl)cc2NS(=O)(=O)O)CC1C(=O)O.NCc1ccco1. The van der Waals surface area contributed by atoms with Gasteiger partial charge in [-0.25, -0.2) is 4.79 Å². The van der Waals surface area contributed by atoms with Crippen LogP contribution in [-0.2, 0) is 37.7 Å². The summed E-state index contributed by atoms with van der Waals surface area (Å²) in [5, 5.41) is 24.8. The van der Waals surface area contributed by atoms with Crippen molar-refractivity contribution in [3.05, 3.63) is 88.8 Å². The minimum Gasteiger partial charge on any atom is -0.480 e. The number of aliphatic carboxylic acids is 2. The first-order valence-corrected chi connectivity index (χ1v) is 16.1. The lowest BCUT2D eigenvalue weighted by Gasteiger charge is -2.27. The topological polar surface area (TPSA) is 242 Å². The van der Waals surface area contributed by atoms with E-state index in [-0.39, 0.29) is 35.7 Å². The summed E-state index contributed by atoms with van der Waals surface area (Å²) in [5.41, 5.74) is 5.62. The van der Waals surface area contributed by atoms with E-state index in [2.05, 4.69) is 10.6 Å². The van der Waals surface area contributed by atoms with Gasteiger partial charge in [-0.2, -0.15) is 8.42 Å². The highest BCUT2D eigenvalue weighted by atomic mass is 35.5. The molecule has 2 amide bonds. The second kappa shape index (κ2) is 16.9. The first kappa shape index (κ1) is 37.0. The van der Waals surface area contributed by atoms with E-state index in [0.29, 0.717) is 13.0 Å². The number of aryl methyl sites for hydroxylation is 1. The zero-order valence-corrected chi connectivity index (χ0v) is 26.8. The molecule has 8 N–H and O–H groups in total. The predicted molar refractivity (Wildman–Crippen MR) is 171 cm³/mol. The third-order valence-electron chi connectivity index (χ3n) is 7.14. The second-order valence-electron chi connectivity index (χ2n) is 10.6. The predicted octanol–water partition coefficient (Wildman–Crippen LogP) is 2.14. The molecule has 2 aromatic carbocycles. The molecule has 1 aliphatic heterocycles. The Bertz CT molecular complexity index is 1640. The quantitative estimate of drug-likeness (QED) is 0.127. The third kappa shape index (κ3) is 11.4. The van der Waals surface area contributed by atoms with E-state index in [1.807, 2.05) is 42.5 Å². The molecule has 3 aromatic rings. The molecule has 4 atom stereocenters. The molecule has 1 aliphatic rings. The third-order valence-corrected chi connectivity index (χ3v) is 7.85. The number of nitrogens with zero attached hydrogens (tertiary/aromatic N) is 1. The van der Waals surface area contributed by atoms with Crippen LogP contribution in [0.15, 0.2) is 71.3 Å². The highest BCUT2D eigenvalue weighted by Crippen LogP contribution is 2.24. The minimum absolute atomic E-state index is 0.0798. The van der Waals surface area contributed by atoms with Gasteiger partial charge in [0.05, 0.1) is 30.1 Å². The number of hydrogen-bond donors (Lipinski definition) is 7. The summed E-state index contributed by atoms with van der Waals surface area (Å²) in [5.74, 6) is -3.09. The standard InChI is InChI=1S/C25H29ClN4O9S.C5H7NO/c1-14(27-19(24(33)34)10-7-15-5-3-2-4-6-15)23(32)30-13-17(12-21(30)25(35)36)28-22(31)18-9-8-16(26)11-20(18)29-40(37,38)39;6-4-5-2-1-3-7-5/h2-6,8-9,11,14,17,19,21,27,29H,7,10,12-13H2,1H3,(H,28,31)(H,33,34)(H,35,36)(H,37,38,39);1-3H,4,6H2/t14-,17-,19-,21?;/m0./s1. The Morgan fingerprint density at radius 1 is 1.09 bits per heavy atom. The summed E-state index contributed by atoms with van der Waals surface area (Å²) in [6.07, 6.45) is 2.10. The number of benzene rings is 2. The van der Waals surface area contributed by atoms with Gasteiger partial charge in [0.25, 0.3) is 5.91 Å². The number of rotatable bonds is 13. The number of amides is 2. The number of likely N-dealkylation sites (tertiary alicyclic amines) is 1. The Labute approximate surface area is 276 Å². The van der Waals surface area contributed by atoms with Crippen molar-refractivity contribution in [2.75, 3.05) is 11.3 Å². The zero-order chi connectivity index (χ0) is 34.7. The normalized spacial score (nSPS) is 17.1. The summed E-state index contributed by atoms with van der Waals surface area (Å²) < 4.78 is 38.3. The maximum Gasteiger partial charge on any atom is 0.357 e. The van der Waals surface area contributed by atoms with Crippen LogP contribution in [-0.4, -0.2) is 82.5 Å². The van der Waals surface area contributed by atoms with Gasteiger partial charge in [0.15, 0.2) is 0 Å². The van der Waals surface area contributed by atoms with Gasteiger partial charge in [-0.1, -0.05) is 41.9 Å². The van der Waals surface area contributed by atoms with Gasteiger partial charge < -0.3 is 30.6 Å². The molecule has 17 heteroatoms. The molecule has 4 rings (SSSR count). The maximum atomic E-state index is 13.2. The number of furan rings is 1. The Hall–Kier alpha value is -4.48. The Balaban J connectivity index is 0.000000756. The summed E-state index contributed by atoms with van der Waals surface area (Å²) in [7, 11) is -4.73. The molecule has 254 valence electrons. The van der Waals surface area contributed by atoms with E-state index in [0.717, 1.165) is 22.3 Å². The largest absolute Gasteiger partial charge is 0.480 e. The van der Waals surface area contributed by atoms with Crippen LogP contribution in [0.25, 0.3) is 0 Å². The summed E-state index contributed by atoms with van der Waals surface area (Å²) in [6.45, 7) is 1.74. The number of anilines is 1. The zero-order valence-electron chi connectivity index (χ0n) is 25.2. The number of carboxylic acids is 2. The molecule has 0 aliphatic carbocycles. The molecule has 2 heterocycles. The van der Waals surface area contributed by atoms with Crippen LogP contribution in [0.4, 0.5) is 5.69 Å². The van der Waals surface area contributed by atoms with Crippen molar-refractivity contribution in [2.24, 2.45) is 5.73 Å². The average Bonchev–Trinajstić information content (AvgIpc) is 3.69. The molecule has 1 fully saturated rings. The molecule has 1 saturated heterocycles. The minimum atomic E-state index is -4.73. The summed E-state index contributed by atoms with van der Waals surface area (Å²) in [4.78, 5) is 50.9. The highest BCUT2D eigenvalue weighted by Gasteiger charge is 2.42. The number of halogens is 1. The van der Waals surface area contributed by atoms with Gasteiger partial charge >= 0.3 is 22.2 Å². The van der Waals surface area contributed by atoms with Crippen LogP contribution in [0.3, 0.4) is 0 Å². The van der Waals surface area contributed by atoms with E-state index < -0.39 is 58.2 Å². The number of nitrogens with one attached hydrogen (secondary N) is 3. The fraction of sp³-hybridized carbons (Fsp3) is 0.333. The Morgan fingerprint density at radius 3 is 2.34 bits per heavy atom. The molecule has 0 spiro atoms. The van der Waals surface area contributed by atoms with Gasteiger partial charge in [0.2, 0.25) is 5.91 Å². The first-order valence-electron chi connectivity index (χ1n) is 14.3. The van der Waals surface area contributed by atoms with Crippen molar-refractivity contribution in [3.63, 3.8) is 0 Å². The van der Waals surface area contributed by atoms with Crippen LogP contribution >= 0.6 is 11.6 Å². The molecular weight excluding hydrogens is 658 g/mol. The molecule has 0 radical (unpaired) electrons. The van der Waals surface area contributed by atoms with Crippen molar-refractivity contribution < 1.29 is 46.8 Å². The smallest absolute Gasteiger partial charge is 0.357 e. The van der Waals surface area contributed by atoms with Crippen LogP contribution < -0.4 is 21.1 Å². The number of carbonyl (C=O) groups excluding carboxylic acids is 2. The number of carboxylic acid groups (broad SMARTS) is 2. The van der Waals surface area contributed by atoms with Crippen molar-refractivity contribution in [1.29, 1.82) is 0 Å². The fourth-order valence-corrected chi connectivity index (χ4v) is 5.52. The summed E-state index contributed by atoms with van der Waals surface area (Å²) in [6, 6.07) is 12.3. The monoisotopic (exact) mass is 693 g/mol. The van der Waals surface area contributed by atoms with Gasteiger partial charge in [-0.3, -0.25) is 29.0 Å². The molecule has 15 nitrogen and oxygen atoms in total. The number of carbonyl (C=O) groups is 4. The van der Waals surface area contributed by atoms with Crippen LogP contribution in [0.1, 0.15) is 41.4 Å². The van der Waals surface area contributed by atoms with Crippen molar-refractivity contribution in [2.45, 2.75) is 56.9 Å². The van der Waals surface area contributed by atoms with Gasteiger partial charge in [0.1, 0.15) is 17.8 Å². The average molecular weight is 694 g/mol. The molecule has 0 bridgehead atoms. The van der Waals surface area contributed by atoms with E-state index in [4.69, 9.17) is 26.3 Å². The van der Waals surface area contributed by atoms with Crippen LogP contribution in [0.2, 0.25) is 5.02 Å². The molecule has 47 heavy (non-hydrogen) atoms. The Kier molecular flexibility index (Phi) is 13.3. The molecule has 0 saturated carbocycles. The van der Waals surface area contributed by atoms with Gasteiger partial charge in [-0.15, -0.1) is 0 Å². The van der Waals surface area contributed by atoms with Crippen molar-refractivity contribution in [1.82, 2.24) is 15.5 Å². The van der Waals surface area contributed by atoms with E-state index in [1.165, 1.54) is 19.1 Å². The highest BCUT2D eigenvalue weighted by molar-refractivity contribution is 7.87. The van der Waals surface area contributed by atoms with E-state index in [1.54, 1.807) is 11.0 Å². The molecule has 1 unspecified atom stereocenters. The van der Waals surface area contributed by atoms with Crippen molar-refractivity contribution in [3.8, 4) is 0 Å².